The van der Waals surface area contributed by atoms with Gasteiger partial charge in [0, 0.05) is 6.54 Å². The molecule has 1 N–H and O–H groups in total. The molecule has 0 radical (unpaired) electrons. The second-order valence-electron chi connectivity index (χ2n) is 5.74. The predicted octanol–water partition coefficient (Wildman–Crippen LogP) is 2.01. The molecule has 23 heavy (non-hydrogen) atoms. The summed E-state index contributed by atoms with van der Waals surface area (Å²) < 4.78 is 40.1. The molecule has 3 rings (SSSR count). The maximum atomic E-state index is 12.7. The molecule has 1 aliphatic rings. The van der Waals surface area contributed by atoms with Crippen molar-refractivity contribution in [3.05, 3.63) is 35.4 Å². The minimum Gasteiger partial charge on any atom is -0.465 e. The van der Waals surface area contributed by atoms with Crippen molar-refractivity contribution >= 4 is 10.2 Å². The molecular weight excluding hydrogens is 320 g/mol. The van der Waals surface area contributed by atoms with Gasteiger partial charge in [0.25, 0.3) is 10.2 Å². The van der Waals surface area contributed by atoms with Crippen LogP contribution >= 0.6 is 0 Å². The van der Waals surface area contributed by atoms with Crippen molar-refractivity contribution in [3.63, 3.8) is 0 Å². The van der Waals surface area contributed by atoms with Gasteiger partial charge in [-0.25, -0.2) is 0 Å². The SMILES string of the molecule is Cc1noc([C@H](C)NS(=O)(=O)N2CCC[C@H]2c2ccc(C)o2)n1. The van der Waals surface area contributed by atoms with Crippen LogP contribution in [0.2, 0.25) is 0 Å². The number of hydrogen-bond acceptors (Lipinski definition) is 6. The second-order valence-corrected chi connectivity index (χ2v) is 7.40. The molecule has 1 fully saturated rings. The molecule has 0 aromatic carbocycles. The standard InChI is InChI=1S/C14H20N4O4S/c1-9-6-7-13(21-9)12-5-4-8-18(12)23(19,20)17-10(2)14-15-11(3)16-22-14/h6-7,10,12,17H,4-5,8H2,1-3H3/t10-,12-/m0/s1. The Hall–Kier alpha value is -1.71. The lowest BCUT2D eigenvalue weighted by Gasteiger charge is -2.24. The quantitative estimate of drug-likeness (QED) is 0.893. The molecule has 2 aromatic heterocycles. The van der Waals surface area contributed by atoms with Crippen LogP contribution in [0.3, 0.4) is 0 Å². The average molecular weight is 340 g/mol. The van der Waals surface area contributed by atoms with E-state index >= 15 is 0 Å². The van der Waals surface area contributed by atoms with Gasteiger partial charge in [-0.05, 0) is 45.7 Å². The Kier molecular flexibility index (Phi) is 4.26. The third-order valence-corrected chi connectivity index (χ3v) is 5.55. The summed E-state index contributed by atoms with van der Waals surface area (Å²) >= 11 is 0. The molecule has 2 atom stereocenters. The monoisotopic (exact) mass is 340 g/mol. The maximum absolute atomic E-state index is 12.7. The molecule has 1 aliphatic heterocycles. The van der Waals surface area contributed by atoms with Gasteiger partial charge >= 0.3 is 0 Å². The number of aryl methyl sites for hydroxylation is 2. The summed E-state index contributed by atoms with van der Waals surface area (Å²) in [6, 6.07) is 2.80. The third kappa shape index (κ3) is 3.31. The number of rotatable bonds is 5. The first-order valence-electron chi connectivity index (χ1n) is 7.52. The summed E-state index contributed by atoms with van der Waals surface area (Å²) in [6.45, 7) is 5.65. The average Bonchev–Trinajstić information content (AvgIpc) is 3.17. The van der Waals surface area contributed by atoms with Crippen LogP contribution in [-0.4, -0.2) is 29.4 Å². The highest BCUT2D eigenvalue weighted by molar-refractivity contribution is 7.87. The van der Waals surface area contributed by atoms with E-state index in [0.717, 1.165) is 18.6 Å². The number of nitrogens with zero attached hydrogens (tertiary/aromatic N) is 3. The molecule has 1 saturated heterocycles. The van der Waals surface area contributed by atoms with E-state index in [1.165, 1.54) is 4.31 Å². The first kappa shape index (κ1) is 16.2. The zero-order chi connectivity index (χ0) is 16.6. The lowest BCUT2D eigenvalue weighted by atomic mass is 10.2. The lowest BCUT2D eigenvalue weighted by Crippen LogP contribution is -2.41. The first-order chi connectivity index (χ1) is 10.9. The van der Waals surface area contributed by atoms with Gasteiger partial charge < -0.3 is 8.94 Å². The van der Waals surface area contributed by atoms with Crippen LogP contribution < -0.4 is 4.72 Å². The van der Waals surface area contributed by atoms with Crippen LogP contribution in [0.5, 0.6) is 0 Å². The maximum Gasteiger partial charge on any atom is 0.280 e. The Morgan fingerprint density at radius 1 is 1.39 bits per heavy atom. The lowest BCUT2D eigenvalue weighted by molar-refractivity contribution is 0.319. The Bertz CT molecular complexity index is 782. The Balaban J connectivity index is 1.78. The van der Waals surface area contributed by atoms with Crippen LogP contribution in [0.1, 0.15) is 55.1 Å². The predicted molar refractivity (Wildman–Crippen MR) is 81.6 cm³/mol. The Labute approximate surface area is 135 Å². The topological polar surface area (TPSA) is 101 Å². The highest BCUT2D eigenvalue weighted by atomic mass is 32.2. The van der Waals surface area contributed by atoms with Crippen LogP contribution in [-0.2, 0) is 10.2 Å². The van der Waals surface area contributed by atoms with Crippen molar-refractivity contribution in [2.75, 3.05) is 6.54 Å². The van der Waals surface area contributed by atoms with Crippen molar-refractivity contribution in [1.82, 2.24) is 19.2 Å². The molecule has 0 spiro atoms. The number of hydrogen-bond donors (Lipinski definition) is 1. The van der Waals surface area contributed by atoms with Gasteiger partial charge in [-0.2, -0.15) is 22.4 Å². The van der Waals surface area contributed by atoms with E-state index in [2.05, 4.69) is 14.9 Å². The fraction of sp³-hybridized carbons (Fsp3) is 0.571. The Morgan fingerprint density at radius 3 is 2.78 bits per heavy atom. The molecule has 9 heteroatoms. The minimum absolute atomic E-state index is 0.246. The van der Waals surface area contributed by atoms with Crippen molar-refractivity contribution in [2.45, 2.75) is 45.7 Å². The molecular formula is C14H20N4O4S. The number of nitrogens with one attached hydrogen (secondary N) is 1. The molecule has 0 aliphatic carbocycles. The molecule has 0 bridgehead atoms. The van der Waals surface area contributed by atoms with Gasteiger partial charge in [0.15, 0.2) is 5.82 Å². The van der Waals surface area contributed by atoms with Crippen LogP contribution in [0.15, 0.2) is 21.1 Å². The molecule has 0 saturated carbocycles. The summed E-state index contributed by atoms with van der Waals surface area (Å²) in [4.78, 5) is 4.06. The van der Waals surface area contributed by atoms with E-state index in [4.69, 9.17) is 8.94 Å². The summed E-state index contributed by atoms with van der Waals surface area (Å²) in [5, 5.41) is 3.68. The Morgan fingerprint density at radius 2 is 2.17 bits per heavy atom. The van der Waals surface area contributed by atoms with E-state index in [1.54, 1.807) is 13.8 Å². The van der Waals surface area contributed by atoms with Crippen LogP contribution in [0.25, 0.3) is 0 Å². The fourth-order valence-electron chi connectivity index (χ4n) is 2.78. The van der Waals surface area contributed by atoms with E-state index in [9.17, 15) is 8.42 Å². The smallest absolute Gasteiger partial charge is 0.280 e. The van der Waals surface area contributed by atoms with Gasteiger partial charge in [-0.3, -0.25) is 0 Å². The summed E-state index contributed by atoms with van der Waals surface area (Å²) in [5.74, 6) is 2.16. The van der Waals surface area contributed by atoms with Crippen LogP contribution in [0, 0.1) is 13.8 Å². The zero-order valence-electron chi connectivity index (χ0n) is 13.3. The minimum atomic E-state index is -3.69. The second kappa shape index (κ2) is 6.06. The van der Waals surface area contributed by atoms with Gasteiger partial charge in [0.1, 0.15) is 11.5 Å². The van der Waals surface area contributed by atoms with Gasteiger partial charge in [0.2, 0.25) is 5.89 Å². The van der Waals surface area contributed by atoms with Crippen molar-refractivity contribution in [2.24, 2.45) is 0 Å². The molecule has 0 amide bonds. The highest BCUT2D eigenvalue weighted by Crippen LogP contribution is 2.35. The zero-order valence-corrected chi connectivity index (χ0v) is 14.1. The molecule has 126 valence electrons. The van der Waals surface area contributed by atoms with Crippen molar-refractivity contribution in [1.29, 1.82) is 0 Å². The molecule has 0 unspecified atom stereocenters. The van der Waals surface area contributed by atoms with Crippen LogP contribution in [0.4, 0.5) is 0 Å². The highest BCUT2D eigenvalue weighted by Gasteiger charge is 2.38. The van der Waals surface area contributed by atoms with Gasteiger partial charge in [-0.15, -0.1) is 0 Å². The largest absolute Gasteiger partial charge is 0.465 e. The molecule has 3 heterocycles. The van der Waals surface area contributed by atoms with E-state index in [1.807, 2.05) is 19.1 Å². The number of furan rings is 1. The molecule has 8 nitrogen and oxygen atoms in total. The normalized spacial score (nSPS) is 20.9. The van der Waals surface area contributed by atoms with Crippen molar-refractivity contribution < 1.29 is 17.4 Å². The first-order valence-corrected chi connectivity index (χ1v) is 8.96. The summed E-state index contributed by atoms with van der Waals surface area (Å²) in [7, 11) is -3.69. The van der Waals surface area contributed by atoms with Gasteiger partial charge in [0.05, 0.1) is 12.1 Å². The summed E-state index contributed by atoms with van der Waals surface area (Å²) in [5.41, 5.74) is 0. The summed E-state index contributed by atoms with van der Waals surface area (Å²) in [6.07, 6.45) is 1.53. The van der Waals surface area contributed by atoms with E-state index < -0.39 is 16.3 Å². The van der Waals surface area contributed by atoms with E-state index in [0.29, 0.717) is 18.1 Å². The third-order valence-electron chi connectivity index (χ3n) is 3.84. The van der Waals surface area contributed by atoms with E-state index in [-0.39, 0.29) is 11.9 Å². The van der Waals surface area contributed by atoms with Gasteiger partial charge in [-0.1, -0.05) is 5.16 Å². The number of aromatic nitrogens is 2. The molecule has 2 aromatic rings. The van der Waals surface area contributed by atoms with Crippen molar-refractivity contribution in [3.8, 4) is 0 Å². The fourth-order valence-corrected chi connectivity index (χ4v) is 4.37.